The molecule has 2 heterocycles. The van der Waals surface area contributed by atoms with Crippen molar-refractivity contribution in [1.29, 1.82) is 0 Å². The van der Waals surface area contributed by atoms with Crippen molar-refractivity contribution in [2.45, 2.75) is 40.2 Å². The van der Waals surface area contributed by atoms with Crippen LogP contribution in [0.3, 0.4) is 0 Å². The summed E-state index contributed by atoms with van der Waals surface area (Å²) >= 11 is 0. The molecule has 0 aromatic heterocycles. The third kappa shape index (κ3) is 3.99. The van der Waals surface area contributed by atoms with Gasteiger partial charge in [0, 0.05) is 30.8 Å². The third-order valence-corrected chi connectivity index (χ3v) is 6.14. The standard InChI is InChI=1S/C25H28FNO3/c1-16-4-6-21-22(12-16)30-14-18-13-19(26)5-7-20(18)23(21)17-8-10-27(11-9-17)15-25(2,3)24(28)29/h4-7,12-13H,8-11,14-15H2,1-3H3,(H,28,29). The van der Waals surface area contributed by atoms with Crippen LogP contribution in [0, 0.1) is 18.2 Å². The van der Waals surface area contributed by atoms with Crippen molar-refractivity contribution in [1.82, 2.24) is 4.90 Å². The zero-order chi connectivity index (χ0) is 21.5. The van der Waals surface area contributed by atoms with Crippen LogP contribution >= 0.6 is 0 Å². The van der Waals surface area contributed by atoms with Gasteiger partial charge in [0.05, 0.1) is 5.41 Å². The average Bonchev–Trinajstić information content (AvgIpc) is 2.84. The summed E-state index contributed by atoms with van der Waals surface area (Å²) in [4.78, 5) is 13.7. The molecule has 1 saturated heterocycles. The Morgan fingerprint density at radius 1 is 1.13 bits per heavy atom. The number of fused-ring (bicyclic) bond motifs is 2. The molecule has 0 radical (unpaired) electrons. The van der Waals surface area contributed by atoms with E-state index in [0.717, 1.165) is 59.5 Å². The number of carboxylic acid groups (broad SMARTS) is 1. The fraction of sp³-hybridized carbons (Fsp3) is 0.400. The summed E-state index contributed by atoms with van der Waals surface area (Å²) in [6.07, 6.45) is 1.71. The zero-order valence-electron chi connectivity index (χ0n) is 17.8. The molecule has 1 fully saturated rings. The van der Waals surface area contributed by atoms with Crippen molar-refractivity contribution in [3.8, 4) is 5.75 Å². The molecule has 2 aromatic rings. The van der Waals surface area contributed by atoms with Gasteiger partial charge in [-0.3, -0.25) is 4.79 Å². The molecular weight excluding hydrogens is 381 g/mol. The number of ether oxygens (including phenoxy) is 1. The first-order chi connectivity index (χ1) is 14.2. The van der Waals surface area contributed by atoms with Crippen LogP contribution < -0.4 is 4.74 Å². The summed E-state index contributed by atoms with van der Waals surface area (Å²) < 4.78 is 20.0. The summed E-state index contributed by atoms with van der Waals surface area (Å²) in [6.45, 7) is 8.09. The fourth-order valence-electron chi connectivity index (χ4n) is 4.42. The van der Waals surface area contributed by atoms with Gasteiger partial charge in [-0.15, -0.1) is 0 Å². The van der Waals surface area contributed by atoms with Gasteiger partial charge in [0.2, 0.25) is 0 Å². The third-order valence-electron chi connectivity index (χ3n) is 6.14. The summed E-state index contributed by atoms with van der Waals surface area (Å²) in [6, 6.07) is 11.2. The van der Waals surface area contributed by atoms with Crippen molar-refractivity contribution < 1.29 is 19.0 Å². The van der Waals surface area contributed by atoms with Gasteiger partial charge in [0.25, 0.3) is 0 Å². The number of likely N-dealkylation sites (tertiary alicyclic amines) is 1. The first-order valence-corrected chi connectivity index (χ1v) is 10.4. The molecule has 0 bridgehead atoms. The molecule has 4 nitrogen and oxygen atoms in total. The molecule has 2 aliphatic rings. The molecule has 0 aliphatic carbocycles. The summed E-state index contributed by atoms with van der Waals surface area (Å²) in [5.74, 6) is -0.189. The summed E-state index contributed by atoms with van der Waals surface area (Å²) in [7, 11) is 0. The second kappa shape index (κ2) is 7.88. The molecule has 5 heteroatoms. The van der Waals surface area contributed by atoms with E-state index in [9.17, 15) is 14.3 Å². The smallest absolute Gasteiger partial charge is 0.310 e. The highest BCUT2D eigenvalue weighted by molar-refractivity contribution is 5.87. The van der Waals surface area contributed by atoms with Gasteiger partial charge >= 0.3 is 5.97 Å². The molecule has 4 rings (SSSR count). The van der Waals surface area contributed by atoms with Crippen LogP contribution in [0.2, 0.25) is 0 Å². The number of benzene rings is 2. The number of nitrogens with zero attached hydrogens (tertiary/aromatic N) is 1. The van der Waals surface area contributed by atoms with Crippen LogP contribution in [-0.4, -0.2) is 35.6 Å². The predicted molar refractivity (Wildman–Crippen MR) is 115 cm³/mol. The molecule has 0 unspecified atom stereocenters. The Balaban J connectivity index is 1.71. The minimum Gasteiger partial charge on any atom is -0.488 e. The Hall–Kier alpha value is -2.66. The molecule has 0 atom stereocenters. The van der Waals surface area contributed by atoms with Crippen LogP contribution in [0.5, 0.6) is 5.75 Å². The van der Waals surface area contributed by atoms with Gasteiger partial charge in [0.15, 0.2) is 0 Å². The predicted octanol–water partition coefficient (Wildman–Crippen LogP) is 5.04. The number of hydrogen-bond donors (Lipinski definition) is 1. The summed E-state index contributed by atoms with van der Waals surface area (Å²) in [5.41, 5.74) is 5.78. The largest absolute Gasteiger partial charge is 0.488 e. The number of carbonyl (C=O) groups is 1. The molecule has 30 heavy (non-hydrogen) atoms. The Morgan fingerprint density at radius 3 is 2.53 bits per heavy atom. The van der Waals surface area contributed by atoms with Crippen LogP contribution in [-0.2, 0) is 11.4 Å². The van der Waals surface area contributed by atoms with E-state index >= 15 is 0 Å². The zero-order valence-corrected chi connectivity index (χ0v) is 17.8. The molecule has 0 saturated carbocycles. The summed E-state index contributed by atoms with van der Waals surface area (Å²) in [5, 5.41) is 9.44. The Bertz CT molecular complexity index is 960. The number of halogens is 1. The first-order valence-electron chi connectivity index (χ1n) is 10.4. The number of carboxylic acids is 1. The van der Waals surface area contributed by atoms with Gasteiger partial charge < -0.3 is 14.7 Å². The number of piperidine rings is 1. The van der Waals surface area contributed by atoms with E-state index < -0.39 is 11.4 Å². The highest BCUT2D eigenvalue weighted by atomic mass is 19.1. The lowest BCUT2D eigenvalue weighted by Crippen LogP contribution is -2.42. The van der Waals surface area contributed by atoms with E-state index in [1.165, 1.54) is 11.6 Å². The monoisotopic (exact) mass is 409 g/mol. The van der Waals surface area contributed by atoms with Gasteiger partial charge in [-0.25, -0.2) is 4.39 Å². The lowest BCUT2D eigenvalue weighted by atomic mass is 9.85. The molecule has 0 amide bonds. The van der Waals surface area contributed by atoms with E-state index in [1.54, 1.807) is 19.9 Å². The fourth-order valence-corrected chi connectivity index (χ4v) is 4.42. The minimum atomic E-state index is -0.771. The molecule has 0 spiro atoms. The quantitative estimate of drug-likeness (QED) is 0.772. The van der Waals surface area contributed by atoms with E-state index in [1.807, 2.05) is 19.1 Å². The Labute approximate surface area is 177 Å². The molecule has 2 aromatic carbocycles. The van der Waals surface area contributed by atoms with E-state index in [-0.39, 0.29) is 5.82 Å². The molecule has 158 valence electrons. The Morgan fingerprint density at radius 2 is 1.83 bits per heavy atom. The van der Waals surface area contributed by atoms with Crippen molar-refractivity contribution in [3.63, 3.8) is 0 Å². The number of rotatable bonds is 3. The van der Waals surface area contributed by atoms with Crippen LogP contribution in [0.15, 0.2) is 42.0 Å². The lowest BCUT2D eigenvalue weighted by molar-refractivity contribution is -0.148. The number of aryl methyl sites for hydroxylation is 1. The van der Waals surface area contributed by atoms with E-state index in [4.69, 9.17) is 4.74 Å². The van der Waals surface area contributed by atoms with E-state index in [0.29, 0.717) is 13.2 Å². The minimum absolute atomic E-state index is 0.255. The topological polar surface area (TPSA) is 49.8 Å². The number of hydrogen-bond acceptors (Lipinski definition) is 3. The van der Waals surface area contributed by atoms with Crippen molar-refractivity contribution in [2.75, 3.05) is 19.6 Å². The SMILES string of the molecule is Cc1ccc2c(c1)OCc1cc(F)ccc1C2=C1CCN(CC(C)(C)C(=O)O)CC1. The molecular formula is C25H28FNO3. The second-order valence-electron chi connectivity index (χ2n) is 9.03. The highest BCUT2D eigenvalue weighted by Crippen LogP contribution is 2.41. The second-order valence-corrected chi connectivity index (χ2v) is 9.03. The van der Waals surface area contributed by atoms with Crippen molar-refractivity contribution in [3.05, 3.63) is 70.0 Å². The van der Waals surface area contributed by atoms with Crippen molar-refractivity contribution in [2.24, 2.45) is 5.41 Å². The van der Waals surface area contributed by atoms with Gasteiger partial charge in [-0.2, -0.15) is 0 Å². The average molecular weight is 410 g/mol. The maximum Gasteiger partial charge on any atom is 0.310 e. The Kier molecular flexibility index (Phi) is 5.41. The molecule has 1 N–H and O–H groups in total. The maximum absolute atomic E-state index is 13.9. The van der Waals surface area contributed by atoms with Gasteiger partial charge in [0.1, 0.15) is 18.2 Å². The lowest BCUT2D eigenvalue weighted by Gasteiger charge is -2.34. The normalized spacial score (nSPS) is 17.1. The van der Waals surface area contributed by atoms with Gasteiger partial charge in [-0.1, -0.05) is 23.8 Å². The maximum atomic E-state index is 13.9. The first kappa shape index (κ1) is 20.6. The molecule has 2 aliphatic heterocycles. The van der Waals surface area contributed by atoms with E-state index in [2.05, 4.69) is 17.0 Å². The number of aliphatic carboxylic acids is 1. The van der Waals surface area contributed by atoms with Crippen LogP contribution in [0.4, 0.5) is 4.39 Å². The van der Waals surface area contributed by atoms with Gasteiger partial charge in [-0.05, 0) is 68.5 Å². The highest BCUT2D eigenvalue weighted by Gasteiger charge is 2.32. The van der Waals surface area contributed by atoms with Crippen molar-refractivity contribution >= 4 is 11.5 Å². The van der Waals surface area contributed by atoms with Crippen LogP contribution in [0.25, 0.3) is 5.57 Å². The van der Waals surface area contributed by atoms with Crippen LogP contribution in [0.1, 0.15) is 48.9 Å².